The summed E-state index contributed by atoms with van der Waals surface area (Å²) in [6, 6.07) is 6.74. The van der Waals surface area contributed by atoms with E-state index in [4.69, 9.17) is 4.18 Å². The molecule has 1 aliphatic carbocycles. The Balaban J connectivity index is 0.000000185. The van der Waals surface area contributed by atoms with E-state index in [-0.39, 0.29) is 11.8 Å². The summed E-state index contributed by atoms with van der Waals surface area (Å²) in [7, 11) is -0.897. The zero-order valence-electron chi connectivity index (χ0n) is 16.1. The van der Waals surface area contributed by atoms with Crippen molar-refractivity contribution >= 4 is 22.1 Å². The standard InChI is InChI=1S/C12H26OS.C8H5NO2/c1-12(2,3)14(4,5)13-11-9-7-6-8-10-11;10-7-5-3-1-2-4-6(5)8(11)9-7/h11H,6-10H2,1-5H3;1-4H,(H,9,10,11). The van der Waals surface area contributed by atoms with Gasteiger partial charge in [0.05, 0.1) is 17.2 Å². The molecule has 4 nitrogen and oxygen atoms in total. The number of hydrogen-bond donors (Lipinski definition) is 1. The predicted molar refractivity (Wildman–Crippen MR) is 105 cm³/mol. The fraction of sp³-hybridized carbons (Fsp3) is 0.600. The lowest BCUT2D eigenvalue weighted by Gasteiger charge is -2.46. The van der Waals surface area contributed by atoms with Crippen LogP contribution in [-0.2, 0) is 4.18 Å². The Kier molecular flexibility index (Phi) is 6.33. The second-order valence-corrected chi connectivity index (χ2v) is 11.9. The molecule has 0 radical (unpaired) electrons. The van der Waals surface area contributed by atoms with Gasteiger partial charge in [0.1, 0.15) is 0 Å². The van der Waals surface area contributed by atoms with Crippen molar-refractivity contribution in [2.75, 3.05) is 12.5 Å². The second kappa shape index (κ2) is 7.92. The van der Waals surface area contributed by atoms with E-state index in [1.165, 1.54) is 32.1 Å². The number of carbonyl (C=O) groups is 2. The summed E-state index contributed by atoms with van der Waals surface area (Å²) < 4.78 is 6.64. The van der Waals surface area contributed by atoms with Crippen LogP contribution in [0.15, 0.2) is 24.3 Å². The van der Waals surface area contributed by atoms with E-state index in [0.29, 0.717) is 22.0 Å². The number of nitrogens with one attached hydrogen (secondary N) is 1. The maximum atomic E-state index is 10.9. The lowest BCUT2D eigenvalue weighted by molar-refractivity contribution is 0.0879. The molecule has 1 fully saturated rings. The summed E-state index contributed by atoms with van der Waals surface area (Å²) in [5, 5.41) is 2.20. The van der Waals surface area contributed by atoms with Gasteiger partial charge < -0.3 is 4.18 Å². The fourth-order valence-corrected chi connectivity index (χ4v) is 3.92. The largest absolute Gasteiger partial charge is 0.333 e. The summed E-state index contributed by atoms with van der Waals surface area (Å²) in [6.45, 7) is 6.89. The molecule has 0 unspecified atom stereocenters. The van der Waals surface area contributed by atoms with Gasteiger partial charge >= 0.3 is 0 Å². The van der Waals surface area contributed by atoms with E-state index >= 15 is 0 Å². The molecule has 1 aromatic carbocycles. The molecule has 1 N–H and O–H groups in total. The molecule has 1 saturated carbocycles. The lowest BCUT2D eigenvalue weighted by Crippen LogP contribution is -2.29. The first-order chi connectivity index (χ1) is 11.6. The number of fused-ring (bicyclic) bond motifs is 1. The van der Waals surface area contributed by atoms with Gasteiger partial charge in [0.2, 0.25) is 0 Å². The Bertz CT molecular complexity index is 595. The van der Waals surface area contributed by atoms with Gasteiger partial charge in [-0.1, -0.05) is 52.2 Å². The third-order valence-electron chi connectivity index (χ3n) is 5.05. The van der Waals surface area contributed by atoms with Crippen LogP contribution < -0.4 is 5.32 Å². The van der Waals surface area contributed by atoms with Crippen molar-refractivity contribution in [3.8, 4) is 0 Å². The van der Waals surface area contributed by atoms with Crippen molar-refractivity contribution in [1.82, 2.24) is 5.32 Å². The van der Waals surface area contributed by atoms with Crippen LogP contribution in [0.25, 0.3) is 0 Å². The number of carbonyl (C=O) groups excluding carboxylic acids is 2. The zero-order valence-corrected chi connectivity index (χ0v) is 16.9. The van der Waals surface area contributed by atoms with E-state index in [1.807, 2.05) is 0 Å². The van der Waals surface area contributed by atoms with Crippen LogP contribution in [0.2, 0.25) is 0 Å². The molecule has 0 bridgehead atoms. The van der Waals surface area contributed by atoms with Gasteiger partial charge in [-0.05, 0) is 37.5 Å². The number of rotatable bonds is 2. The average Bonchev–Trinajstić information content (AvgIpc) is 2.83. The minimum Gasteiger partial charge on any atom is -0.333 e. The first-order valence-corrected chi connectivity index (χ1v) is 11.3. The van der Waals surface area contributed by atoms with Gasteiger partial charge in [0.25, 0.3) is 11.8 Å². The van der Waals surface area contributed by atoms with Crippen molar-refractivity contribution in [3.63, 3.8) is 0 Å². The highest BCUT2D eigenvalue weighted by Crippen LogP contribution is 2.55. The lowest BCUT2D eigenvalue weighted by atomic mass is 9.98. The van der Waals surface area contributed by atoms with E-state index in [2.05, 4.69) is 38.6 Å². The number of benzene rings is 1. The van der Waals surface area contributed by atoms with Crippen LogP contribution >= 0.6 is 10.3 Å². The van der Waals surface area contributed by atoms with Crippen molar-refractivity contribution in [3.05, 3.63) is 35.4 Å². The Morgan fingerprint density at radius 2 is 1.44 bits per heavy atom. The van der Waals surface area contributed by atoms with Gasteiger partial charge in [-0.15, -0.1) is 10.3 Å². The number of amides is 2. The molecule has 2 amide bonds. The quantitative estimate of drug-likeness (QED) is 0.774. The second-order valence-electron chi connectivity index (χ2n) is 8.03. The van der Waals surface area contributed by atoms with Gasteiger partial charge in [-0.3, -0.25) is 14.9 Å². The molecule has 140 valence electrons. The van der Waals surface area contributed by atoms with Crippen molar-refractivity contribution < 1.29 is 13.8 Å². The third-order valence-corrected chi connectivity index (χ3v) is 8.75. The molecule has 0 spiro atoms. The van der Waals surface area contributed by atoms with E-state index in [1.54, 1.807) is 24.3 Å². The number of imide groups is 1. The van der Waals surface area contributed by atoms with Crippen LogP contribution in [0.5, 0.6) is 0 Å². The summed E-state index contributed by atoms with van der Waals surface area (Å²) in [6.07, 6.45) is 11.9. The van der Waals surface area contributed by atoms with Gasteiger partial charge in [-0.25, -0.2) is 0 Å². The molecule has 3 rings (SSSR count). The molecule has 2 aliphatic rings. The van der Waals surface area contributed by atoms with E-state index in [0.717, 1.165) is 0 Å². The van der Waals surface area contributed by atoms with Gasteiger partial charge in [-0.2, -0.15) is 0 Å². The van der Waals surface area contributed by atoms with E-state index < -0.39 is 10.3 Å². The highest BCUT2D eigenvalue weighted by Gasteiger charge is 2.31. The van der Waals surface area contributed by atoms with Gasteiger partial charge in [0.15, 0.2) is 0 Å². The first kappa shape index (κ1) is 20.0. The molecular weight excluding hydrogens is 334 g/mol. The van der Waals surface area contributed by atoms with Crippen LogP contribution in [0.3, 0.4) is 0 Å². The fourth-order valence-electron chi connectivity index (χ4n) is 2.76. The highest BCUT2D eigenvalue weighted by molar-refractivity contribution is 8.29. The maximum absolute atomic E-state index is 10.9. The molecule has 0 saturated heterocycles. The molecule has 0 atom stereocenters. The zero-order chi connectivity index (χ0) is 18.7. The van der Waals surface area contributed by atoms with Crippen molar-refractivity contribution in [1.29, 1.82) is 0 Å². The summed E-state index contributed by atoms with van der Waals surface area (Å²) in [4.78, 5) is 21.9. The first-order valence-electron chi connectivity index (χ1n) is 8.98. The third kappa shape index (κ3) is 5.08. The van der Waals surface area contributed by atoms with Crippen LogP contribution in [0.4, 0.5) is 0 Å². The van der Waals surface area contributed by atoms with Crippen LogP contribution in [0, 0.1) is 0 Å². The molecular formula is C20H31NO3S. The molecule has 5 heteroatoms. The molecule has 1 aliphatic heterocycles. The Labute approximate surface area is 153 Å². The summed E-state index contributed by atoms with van der Waals surface area (Å²) >= 11 is 0. The Hall–Kier alpha value is -1.33. The molecule has 1 aromatic rings. The SMILES string of the molecule is CC(C)(C)S(C)(C)OC1CCCCC1.O=C1NC(=O)c2ccccc21. The maximum Gasteiger partial charge on any atom is 0.258 e. The van der Waals surface area contributed by atoms with Crippen molar-refractivity contribution in [2.24, 2.45) is 0 Å². The van der Waals surface area contributed by atoms with Gasteiger partial charge in [0, 0.05) is 4.75 Å². The summed E-state index contributed by atoms with van der Waals surface area (Å²) in [5.41, 5.74) is 0.940. The Morgan fingerprint density at radius 1 is 0.960 bits per heavy atom. The molecule has 0 aromatic heterocycles. The van der Waals surface area contributed by atoms with E-state index in [9.17, 15) is 9.59 Å². The summed E-state index contributed by atoms with van der Waals surface area (Å²) in [5.74, 6) is -0.601. The topological polar surface area (TPSA) is 55.4 Å². The minimum atomic E-state index is -0.897. The van der Waals surface area contributed by atoms with Crippen molar-refractivity contribution in [2.45, 2.75) is 63.7 Å². The van der Waals surface area contributed by atoms with Crippen LogP contribution in [0.1, 0.15) is 73.6 Å². The Morgan fingerprint density at radius 3 is 1.88 bits per heavy atom. The molecule has 1 heterocycles. The monoisotopic (exact) mass is 365 g/mol. The smallest absolute Gasteiger partial charge is 0.258 e. The average molecular weight is 366 g/mol. The number of hydrogen-bond acceptors (Lipinski definition) is 3. The predicted octanol–water partition coefficient (Wildman–Crippen LogP) is 4.68. The van der Waals surface area contributed by atoms with Crippen LogP contribution in [-0.4, -0.2) is 35.2 Å². The highest BCUT2D eigenvalue weighted by atomic mass is 32.3. The minimum absolute atomic E-state index is 0.300. The normalized spacial score (nSPS) is 18.9. The molecule has 25 heavy (non-hydrogen) atoms.